The van der Waals surface area contributed by atoms with Gasteiger partial charge in [0.25, 0.3) is 0 Å². The molecule has 162 valence electrons. The molecule has 2 N–H and O–H groups in total. The maximum absolute atomic E-state index is 12.7. The summed E-state index contributed by atoms with van der Waals surface area (Å²) in [6, 6.07) is 13.2. The Bertz CT molecular complexity index is 1150. The fraction of sp³-hybridized carbons (Fsp3) is 0.100. The lowest BCUT2D eigenvalue weighted by Crippen LogP contribution is -2.28. The first-order valence-corrected chi connectivity index (χ1v) is 10.2. The molecule has 0 unspecified atom stereocenters. The molecule has 0 fully saturated rings. The third-order valence-corrected chi connectivity index (χ3v) is 5.21. The lowest BCUT2D eigenvalue weighted by atomic mass is 10.2. The van der Waals surface area contributed by atoms with Crippen LogP contribution in [0.1, 0.15) is 11.3 Å². The second-order valence-corrected chi connectivity index (χ2v) is 7.73. The minimum atomic E-state index is -4.59. The fourth-order valence-electron chi connectivity index (χ4n) is 2.46. The highest BCUT2D eigenvalue weighted by molar-refractivity contribution is 7.87. The van der Waals surface area contributed by atoms with Crippen LogP contribution in [0.15, 0.2) is 77.8 Å². The third kappa shape index (κ3) is 5.95. The molecule has 3 aromatic rings. The number of hydrogen-bond acceptors (Lipinski definition) is 5. The molecule has 7 nitrogen and oxygen atoms in total. The molecule has 2 aromatic carbocycles. The summed E-state index contributed by atoms with van der Waals surface area (Å²) in [4.78, 5) is 15.7. The maximum Gasteiger partial charge on any atom is 0.416 e. The second-order valence-electron chi connectivity index (χ2n) is 6.18. The highest BCUT2D eigenvalue weighted by Gasteiger charge is 2.31. The Hall–Kier alpha value is -3.60. The van der Waals surface area contributed by atoms with Crippen LogP contribution < -0.4 is 14.8 Å². The van der Waals surface area contributed by atoms with Crippen LogP contribution >= 0.6 is 0 Å². The van der Waals surface area contributed by atoms with Crippen LogP contribution in [0.25, 0.3) is 0 Å². The van der Waals surface area contributed by atoms with Gasteiger partial charge in [-0.2, -0.15) is 21.6 Å². The van der Waals surface area contributed by atoms with E-state index in [1.54, 1.807) is 30.5 Å². The average Bonchev–Trinajstić information content (AvgIpc) is 2.74. The number of pyridine rings is 1. The Kier molecular flexibility index (Phi) is 6.44. The van der Waals surface area contributed by atoms with Crippen LogP contribution in [-0.2, 0) is 22.8 Å². The van der Waals surface area contributed by atoms with Crippen molar-refractivity contribution in [3.63, 3.8) is 0 Å². The minimum Gasteiger partial charge on any atom is -0.377 e. The Morgan fingerprint density at radius 3 is 2.29 bits per heavy atom. The van der Waals surface area contributed by atoms with Crippen molar-refractivity contribution in [1.82, 2.24) is 10.3 Å². The largest absolute Gasteiger partial charge is 0.416 e. The number of aromatic nitrogens is 1. The lowest BCUT2D eigenvalue weighted by molar-refractivity contribution is -0.137. The third-order valence-electron chi connectivity index (χ3n) is 3.96. The van der Waals surface area contributed by atoms with E-state index in [4.69, 9.17) is 4.18 Å². The van der Waals surface area contributed by atoms with Crippen LogP contribution in [0.2, 0.25) is 0 Å². The Morgan fingerprint density at radius 1 is 0.968 bits per heavy atom. The van der Waals surface area contributed by atoms with Crippen molar-refractivity contribution in [3.8, 4) is 5.75 Å². The van der Waals surface area contributed by atoms with Gasteiger partial charge in [0.05, 0.1) is 23.5 Å². The number of anilines is 1. The molecule has 11 heteroatoms. The molecule has 0 spiro atoms. The summed E-state index contributed by atoms with van der Waals surface area (Å²) in [6.45, 7) is 0.138. The lowest BCUT2D eigenvalue weighted by Gasteiger charge is -2.13. The van der Waals surface area contributed by atoms with E-state index in [1.807, 2.05) is 0 Å². The number of para-hydroxylation sites is 2. The van der Waals surface area contributed by atoms with Gasteiger partial charge in [0.15, 0.2) is 5.75 Å². The van der Waals surface area contributed by atoms with Crippen molar-refractivity contribution in [3.05, 3.63) is 84.2 Å². The van der Waals surface area contributed by atoms with Gasteiger partial charge in [0, 0.05) is 6.20 Å². The van der Waals surface area contributed by atoms with Crippen molar-refractivity contribution >= 4 is 21.8 Å². The van der Waals surface area contributed by atoms with Gasteiger partial charge < -0.3 is 14.8 Å². The van der Waals surface area contributed by atoms with E-state index >= 15 is 0 Å². The molecule has 2 amide bonds. The topological polar surface area (TPSA) is 97.4 Å². The van der Waals surface area contributed by atoms with Gasteiger partial charge in [-0.1, -0.05) is 18.2 Å². The van der Waals surface area contributed by atoms with Gasteiger partial charge in [-0.3, -0.25) is 4.98 Å². The summed E-state index contributed by atoms with van der Waals surface area (Å²) in [7, 11) is -4.44. The SMILES string of the molecule is O=C(NCc1ccccn1)Nc1ccccc1OS(=O)(=O)c1ccc(C(F)(F)F)cc1. The summed E-state index contributed by atoms with van der Waals surface area (Å²) >= 11 is 0. The molecule has 3 rings (SSSR count). The first-order chi connectivity index (χ1) is 14.6. The van der Waals surface area contributed by atoms with Gasteiger partial charge in [-0.15, -0.1) is 0 Å². The zero-order valence-electron chi connectivity index (χ0n) is 15.8. The molecule has 0 saturated heterocycles. The predicted molar refractivity (Wildman–Crippen MR) is 106 cm³/mol. The molecule has 0 aliphatic rings. The van der Waals surface area contributed by atoms with Gasteiger partial charge in [0.1, 0.15) is 4.90 Å². The molecule has 0 saturated carbocycles. The van der Waals surface area contributed by atoms with E-state index in [0.29, 0.717) is 17.8 Å². The summed E-state index contributed by atoms with van der Waals surface area (Å²) in [5, 5.41) is 5.03. The Balaban J connectivity index is 1.71. The predicted octanol–water partition coefficient (Wildman–Crippen LogP) is 4.19. The van der Waals surface area contributed by atoms with Gasteiger partial charge in [-0.05, 0) is 48.5 Å². The molecule has 0 bridgehead atoms. The normalized spacial score (nSPS) is 11.6. The molecule has 0 radical (unpaired) electrons. The van der Waals surface area contributed by atoms with Crippen LogP contribution in [0.5, 0.6) is 5.75 Å². The number of rotatable bonds is 6. The van der Waals surface area contributed by atoms with E-state index in [1.165, 1.54) is 18.2 Å². The molecule has 0 aliphatic carbocycles. The Labute approximate surface area is 176 Å². The Morgan fingerprint density at radius 2 is 1.65 bits per heavy atom. The first-order valence-electron chi connectivity index (χ1n) is 8.81. The number of nitrogens with one attached hydrogen (secondary N) is 2. The van der Waals surface area contributed by atoms with Crippen molar-refractivity contribution in [2.75, 3.05) is 5.32 Å². The van der Waals surface area contributed by atoms with Gasteiger partial charge in [-0.25, -0.2) is 4.79 Å². The van der Waals surface area contributed by atoms with Crippen LogP contribution in [0, 0.1) is 0 Å². The van der Waals surface area contributed by atoms with Crippen molar-refractivity contribution < 1.29 is 30.6 Å². The van der Waals surface area contributed by atoms with E-state index in [2.05, 4.69) is 15.6 Å². The highest BCUT2D eigenvalue weighted by Crippen LogP contribution is 2.31. The summed E-state index contributed by atoms with van der Waals surface area (Å²) in [6.07, 6.45) is -3.02. The molecule has 0 atom stereocenters. The number of amides is 2. The highest BCUT2D eigenvalue weighted by atomic mass is 32.2. The summed E-state index contributed by atoms with van der Waals surface area (Å²) in [5.41, 5.74) is -0.318. The number of hydrogen-bond donors (Lipinski definition) is 2. The molecule has 31 heavy (non-hydrogen) atoms. The summed E-state index contributed by atoms with van der Waals surface area (Å²) in [5.74, 6) is -0.199. The number of nitrogens with zero attached hydrogens (tertiary/aromatic N) is 1. The molecular formula is C20H16F3N3O4S. The standard InChI is InChI=1S/C20H16F3N3O4S/c21-20(22,23)14-8-10-16(11-9-14)31(28,29)30-18-7-2-1-6-17(18)26-19(27)25-13-15-5-3-4-12-24-15/h1-12H,13H2,(H2,25,26,27). The molecular weight excluding hydrogens is 435 g/mol. The summed E-state index contributed by atoms with van der Waals surface area (Å²) < 4.78 is 68.0. The van der Waals surface area contributed by atoms with Crippen molar-refractivity contribution in [2.24, 2.45) is 0 Å². The molecule has 1 aromatic heterocycles. The number of benzene rings is 2. The minimum absolute atomic E-state index is 0.0523. The number of alkyl halides is 3. The van der Waals surface area contributed by atoms with Crippen LogP contribution in [0.4, 0.5) is 23.7 Å². The van der Waals surface area contributed by atoms with Crippen LogP contribution in [0.3, 0.4) is 0 Å². The monoisotopic (exact) mass is 451 g/mol. The average molecular weight is 451 g/mol. The van der Waals surface area contributed by atoms with Gasteiger partial charge >= 0.3 is 22.3 Å². The van der Waals surface area contributed by atoms with E-state index in [9.17, 15) is 26.4 Å². The second kappa shape index (κ2) is 9.04. The quantitative estimate of drug-likeness (QED) is 0.548. The maximum atomic E-state index is 12.7. The fourth-order valence-corrected chi connectivity index (χ4v) is 3.41. The van der Waals surface area contributed by atoms with Crippen LogP contribution in [-0.4, -0.2) is 19.4 Å². The smallest absolute Gasteiger partial charge is 0.377 e. The van der Waals surface area contributed by atoms with Crippen molar-refractivity contribution in [2.45, 2.75) is 17.6 Å². The number of carbonyl (C=O) groups excluding carboxylic acids is 1. The van der Waals surface area contributed by atoms with E-state index < -0.39 is 32.8 Å². The van der Waals surface area contributed by atoms with Crippen molar-refractivity contribution in [1.29, 1.82) is 0 Å². The van der Waals surface area contributed by atoms with Gasteiger partial charge in [0.2, 0.25) is 0 Å². The van der Waals surface area contributed by atoms with E-state index in [-0.39, 0.29) is 18.0 Å². The number of halogens is 3. The molecule has 1 heterocycles. The number of carbonyl (C=O) groups is 1. The zero-order chi connectivity index (χ0) is 22.5. The van der Waals surface area contributed by atoms with E-state index in [0.717, 1.165) is 12.1 Å². The first kappa shape index (κ1) is 22.1. The molecule has 0 aliphatic heterocycles. The zero-order valence-corrected chi connectivity index (χ0v) is 16.6. The number of urea groups is 1.